The summed E-state index contributed by atoms with van der Waals surface area (Å²) in [5.74, 6) is 0. The molecule has 0 saturated heterocycles. The minimum Gasteiger partial charge on any atom is -0.361 e. The Balaban J connectivity index is 2.60. The summed E-state index contributed by atoms with van der Waals surface area (Å²) in [6.07, 6.45) is 1.87. The number of hydrazine groups is 1. The van der Waals surface area contributed by atoms with Crippen LogP contribution in [-0.4, -0.2) is 18.4 Å². The zero-order chi connectivity index (χ0) is 10.4. The summed E-state index contributed by atoms with van der Waals surface area (Å²) in [6, 6.07) is 8.10. The molecule has 74 valence electrons. The quantitative estimate of drug-likeness (QED) is 0.349. The number of benzene rings is 1. The number of aryl methyl sites for hydroxylation is 1. The zero-order valence-electron chi connectivity index (χ0n) is 8.29. The van der Waals surface area contributed by atoms with E-state index in [4.69, 9.17) is 12.2 Å². The van der Waals surface area contributed by atoms with Crippen molar-refractivity contribution in [2.45, 2.75) is 6.92 Å². The van der Waals surface area contributed by atoms with Crippen LogP contribution in [0.5, 0.6) is 0 Å². The Morgan fingerprint density at radius 1 is 1.43 bits per heavy atom. The van der Waals surface area contributed by atoms with Gasteiger partial charge >= 0.3 is 0 Å². The maximum atomic E-state index is 4.90. The first-order valence-corrected chi connectivity index (χ1v) is 4.77. The summed E-state index contributed by atoms with van der Waals surface area (Å²) in [5.41, 5.74) is 5.18. The van der Waals surface area contributed by atoms with E-state index in [0.717, 1.165) is 5.56 Å². The van der Waals surface area contributed by atoms with Gasteiger partial charge in [0.25, 0.3) is 0 Å². The Hall–Kier alpha value is -1.42. The molecule has 0 aromatic heterocycles. The van der Waals surface area contributed by atoms with E-state index in [0.29, 0.717) is 5.11 Å². The van der Waals surface area contributed by atoms with Gasteiger partial charge in [0.15, 0.2) is 6.21 Å². The Labute approximate surface area is 89.2 Å². The molecule has 0 amide bonds. The van der Waals surface area contributed by atoms with Crippen molar-refractivity contribution in [2.24, 2.45) is 0 Å². The third-order valence-electron chi connectivity index (χ3n) is 1.83. The normalized spacial score (nSPS) is 10.1. The van der Waals surface area contributed by atoms with Crippen LogP contribution < -0.4 is 15.8 Å². The second-order valence-corrected chi connectivity index (χ2v) is 3.26. The minimum absolute atomic E-state index is 0.565. The molecule has 0 unspecified atom stereocenters. The van der Waals surface area contributed by atoms with Crippen LogP contribution in [0.15, 0.2) is 24.3 Å². The number of rotatable bonds is 2. The van der Waals surface area contributed by atoms with Crippen molar-refractivity contribution in [3.8, 4) is 0 Å². The van der Waals surface area contributed by atoms with Crippen LogP contribution in [0.25, 0.3) is 0 Å². The van der Waals surface area contributed by atoms with Gasteiger partial charge in [-0.3, -0.25) is 0 Å². The molecule has 0 spiro atoms. The lowest BCUT2D eigenvalue weighted by Gasteiger charge is -1.96. The van der Waals surface area contributed by atoms with Gasteiger partial charge in [0.2, 0.25) is 5.11 Å². The highest BCUT2D eigenvalue weighted by molar-refractivity contribution is 7.80. The number of hydrazone groups is 1. The number of hydrogen-bond acceptors (Lipinski definition) is 1. The minimum atomic E-state index is 0.565. The number of thiocarbonyl (C=S) groups is 1. The lowest BCUT2D eigenvalue weighted by Crippen LogP contribution is -2.82. The molecule has 1 aromatic carbocycles. The average molecular weight is 208 g/mol. The first-order chi connectivity index (χ1) is 6.74. The Kier molecular flexibility index (Phi) is 4.07. The van der Waals surface area contributed by atoms with Gasteiger partial charge in [0.1, 0.15) is 0 Å². The predicted molar refractivity (Wildman–Crippen MR) is 62.1 cm³/mol. The molecule has 3 N–H and O–H groups in total. The summed E-state index contributed by atoms with van der Waals surface area (Å²) in [5, 5.41) is 6.28. The molecule has 0 radical (unpaired) electrons. The van der Waals surface area contributed by atoms with Crippen molar-refractivity contribution >= 4 is 23.5 Å². The smallest absolute Gasteiger partial charge is 0.223 e. The summed E-state index contributed by atoms with van der Waals surface area (Å²) < 4.78 is 0. The summed E-state index contributed by atoms with van der Waals surface area (Å²) >= 11 is 4.90. The van der Waals surface area contributed by atoms with E-state index in [2.05, 4.69) is 28.8 Å². The van der Waals surface area contributed by atoms with Gasteiger partial charge in [-0.05, 0) is 30.8 Å². The number of hydrogen-bond donors (Lipinski definition) is 3. The summed E-state index contributed by atoms with van der Waals surface area (Å²) in [4.78, 5) is 0. The summed E-state index contributed by atoms with van der Waals surface area (Å²) in [6.45, 7) is 2.06. The topological polar surface area (TPSA) is 38.0 Å². The molecule has 1 rings (SSSR count). The fourth-order valence-electron chi connectivity index (χ4n) is 0.991. The Bertz CT molecular complexity index is 347. The van der Waals surface area contributed by atoms with Crippen LogP contribution >= 0.6 is 12.2 Å². The fourth-order valence-corrected chi connectivity index (χ4v) is 1.05. The van der Waals surface area contributed by atoms with Crippen LogP contribution in [0.4, 0.5) is 0 Å². The maximum absolute atomic E-state index is 4.90. The van der Waals surface area contributed by atoms with E-state index >= 15 is 0 Å². The second-order valence-electron chi connectivity index (χ2n) is 2.85. The zero-order valence-corrected chi connectivity index (χ0v) is 9.11. The van der Waals surface area contributed by atoms with Crippen molar-refractivity contribution in [3.05, 3.63) is 35.4 Å². The third kappa shape index (κ3) is 3.14. The van der Waals surface area contributed by atoms with Crippen LogP contribution in [0.2, 0.25) is 0 Å². The van der Waals surface area contributed by atoms with Crippen molar-refractivity contribution < 1.29 is 5.10 Å². The van der Waals surface area contributed by atoms with Gasteiger partial charge in [-0.25, -0.2) is 0 Å². The molecule has 14 heavy (non-hydrogen) atoms. The van der Waals surface area contributed by atoms with Gasteiger partial charge in [0, 0.05) is 12.6 Å². The van der Waals surface area contributed by atoms with Crippen molar-refractivity contribution in [1.29, 1.82) is 0 Å². The molecule has 0 bridgehead atoms. The standard InChI is InChI=1S/C10H13N3S/c1-8-5-3-4-6-9(8)7-12-13-10(14)11-2/h3-7H,1-2H3,(H2,11,13,14)/p+1. The van der Waals surface area contributed by atoms with Crippen LogP contribution in [0.1, 0.15) is 11.1 Å². The third-order valence-corrected chi connectivity index (χ3v) is 2.14. The Morgan fingerprint density at radius 2 is 2.14 bits per heavy atom. The summed E-state index contributed by atoms with van der Waals surface area (Å²) in [7, 11) is 1.77. The van der Waals surface area contributed by atoms with E-state index in [1.807, 2.05) is 24.4 Å². The average Bonchev–Trinajstić information content (AvgIpc) is 2.20. The lowest BCUT2D eigenvalue weighted by molar-refractivity contribution is -0.500. The monoisotopic (exact) mass is 208 g/mol. The molecule has 0 saturated carbocycles. The lowest BCUT2D eigenvalue weighted by atomic mass is 10.1. The molecule has 0 aliphatic heterocycles. The second kappa shape index (κ2) is 5.34. The predicted octanol–water partition coefficient (Wildman–Crippen LogP) is -0.497. The molecule has 0 heterocycles. The van der Waals surface area contributed by atoms with E-state index < -0.39 is 0 Å². The molecular formula is C10H14N3S+. The van der Waals surface area contributed by atoms with E-state index in [-0.39, 0.29) is 0 Å². The molecule has 0 aliphatic rings. The molecule has 0 atom stereocenters. The maximum Gasteiger partial charge on any atom is 0.223 e. The molecular weight excluding hydrogens is 194 g/mol. The highest BCUT2D eigenvalue weighted by Crippen LogP contribution is 2.01. The highest BCUT2D eigenvalue weighted by atomic mass is 32.1. The van der Waals surface area contributed by atoms with Gasteiger partial charge < -0.3 is 5.32 Å². The van der Waals surface area contributed by atoms with Gasteiger partial charge in [-0.2, -0.15) is 0 Å². The van der Waals surface area contributed by atoms with Crippen molar-refractivity contribution in [1.82, 2.24) is 10.7 Å². The number of nitrogens with one attached hydrogen (secondary N) is 3. The molecule has 4 heteroatoms. The van der Waals surface area contributed by atoms with Crippen LogP contribution in [0.3, 0.4) is 0 Å². The van der Waals surface area contributed by atoms with E-state index in [1.54, 1.807) is 7.05 Å². The van der Waals surface area contributed by atoms with Crippen molar-refractivity contribution in [3.63, 3.8) is 0 Å². The molecule has 0 aliphatic carbocycles. The molecule has 0 fully saturated rings. The first-order valence-electron chi connectivity index (χ1n) is 4.36. The highest BCUT2D eigenvalue weighted by Gasteiger charge is 1.95. The molecule has 3 nitrogen and oxygen atoms in total. The van der Waals surface area contributed by atoms with Gasteiger partial charge in [0.05, 0.1) is 0 Å². The largest absolute Gasteiger partial charge is 0.361 e. The van der Waals surface area contributed by atoms with Gasteiger partial charge in [-0.1, -0.05) is 18.2 Å². The van der Waals surface area contributed by atoms with E-state index in [1.165, 1.54) is 5.56 Å². The van der Waals surface area contributed by atoms with Crippen LogP contribution in [0, 0.1) is 6.92 Å². The van der Waals surface area contributed by atoms with Crippen molar-refractivity contribution in [2.75, 3.05) is 7.05 Å². The first kappa shape index (κ1) is 10.7. The van der Waals surface area contributed by atoms with E-state index in [9.17, 15) is 0 Å². The van der Waals surface area contributed by atoms with Crippen LogP contribution in [-0.2, 0) is 0 Å². The molecule has 1 aromatic rings. The Morgan fingerprint density at radius 3 is 2.79 bits per heavy atom. The SMILES string of the molecule is CNC(=S)N[NH+]=Cc1ccccc1C. The van der Waals surface area contributed by atoms with Gasteiger partial charge in [-0.15, -0.1) is 10.5 Å². The fraction of sp³-hybridized carbons (Fsp3) is 0.200.